The summed E-state index contributed by atoms with van der Waals surface area (Å²) in [5.41, 5.74) is 1.38. The highest BCUT2D eigenvalue weighted by Crippen LogP contribution is 2.56. The summed E-state index contributed by atoms with van der Waals surface area (Å²) in [5.74, 6) is 0.739. The van der Waals surface area contributed by atoms with Gasteiger partial charge in [-0.05, 0) is 67.1 Å². The van der Waals surface area contributed by atoms with Crippen molar-refractivity contribution in [1.82, 2.24) is 0 Å². The van der Waals surface area contributed by atoms with E-state index in [2.05, 4.69) is 128 Å². The van der Waals surface area contributed by atoms with Crippen LogP contribution in [-0.4, -0.2) is 28.1 Å². The zero-order valence-electron chi connectivity index (χ0n) is 20.4. The van der Waals surface area contributed by atoms with Crippen molar-refractivity contribution in [1.29, 1.82) is 0 Å². The third-order valence-corrected chi connectivity index (χ3v) is 12.9. The fourth-order valence-corrected chi connectivity index (χ4v) is 11.9. The number of hydrogen-bond donors (Lipinski definition) is 0. The predicted molar refractivity (Wildman–Crippen MR) is 160 cm³/mol. The van der Waals surface area contributed by atoms with Gasteiger partial charge in [0.2, 0.25) is 0 Å². The van der Waals surface area contributed by atoms with Crippen LogP contribution in [0.15, 0.2) is 121 Å². The summed E-state index contributed by atoms with van der Waals surface area (Å²) in [4.78, 5) is 0. The van der Waals surface area contributed by atoms with Gasteiger partial charge in [0.15, 0.2) is 0 Å². The van der Waals surface area contributed by atoms with E-state index in [1.165, 1.54) is 40.5 Å². The monoisotopic (exact) mass is 488 g/mol. The number of benzene rings is 4. The van der Waals surface area contributed by atoms with Gasteiger partial charge >= 0.3 is 0 Å². The second-order valence-electron chi connectivity index (χ2n) is 8.98. The van der Waals surface area contributed by atoms with Crippen LogP contribution in [0.25, 0.3) is 0 Å². The second-order valence-corrected chi connectivity index (χ2v) is 14.0. The molecule has 0 bridgehead atoms. The van der Waals surface area contributed by atoms with Crippen molar-refractivity contribution >= 4 is 53.9 Å². The molecule has 1 fully saturated rings. The first-order valence-electron chi connectivity index (χ1n) is 12.1. The summed E-state index contributed by atoms with van der Waals surface area (Å²) in [6.07, 6.45) is 4.05. The quantitative estimate of drug-likeness (QED) is 0.220. The van der Waals surface area contributed by atoms with Gasteiger partial charge in [-0.2, -0.15) is 0 Å². The highest BCUT2D eigenvalue weighted by atomic mass is 31.1. The molecule has 5 rings (SSSR count). The van der Waals surface area contributed by atoms with E-state index >= 15 is 0 Å². The summed E-state index contributed by atoms with van der Waals surface area (Å²) in [6, 6.07) is 45.3. The van der Waals surface area contributed by atoms with E-state index in [4.69, 9.17) is 0 Å². The topological polar surface area (TPSA) is 0 Å². The van der Waals surface area contributed by atoms with Gasteiger partial charge in [-0.1, -0.05) is 135 Å². The highest BCUT2D eigenvalue weighted by Gasteiger charge is 2.40. The van der Waals surface area contributed by atoms with Gasteiger partial charge in [-0.25, -0.2) is 0 Å². The van der Waals surface area contributed by atoms with E-state index in [9.17, 15) is 0 Å². The van der Waals surface area contributed by atoms with Crippen molar-refractivity contribution < 1.29 is 0 Å². The lowest BCUT2D eigenvalue weighted by atomic mass is 10.0. The molecule has 0 unspecified atom stereocenters. The Hall–Kier alpha value is -2.13. The average Bonchev–Trinajstić information content (AvgIpc) is 3.36. The van der Waals surface area contributed by atoms with Crippen LogP contribution in [-0.2, 0) is 0 Å². The number of hydrogen-bond acceptors (Lipinski definition) is 0. The highest BCUT2D eigenvalue weighted by molar-refractivity contribution is 7.74. The first-order valence-corrected chi connectivity index (χ1v) is 14.9. The van der Waals surface area contributed by atoms with Crippen LogP contribution in [0.2, 0.25) is 0 Å². The molecule has 0 spiro atoms. The van der Waals surface area contributed by atoms with Gasteiger partial charge in [-0.3, -0.25) is 0 Å². The van der Waals surface area contributed by atoms with E-state index in [-0.39, 0.29) is 24.7 Å². The molecular weight excluding hydrogens is 456 g/mol. The third kappa shape index (κ3) is 6.17. The largest absolute Gasteiger partial charge is 0.0622 e. The van der Waals surface area contributed by atoms with Crippen molar-refractivity contribution in [2.24, 2.45) is 5.92 Å². The maximum Gasteiger partial charge on any atom is 0 e. The van der Waals surface area contributed by atoms with Crippen molar-refractivity contribution in [3.8, 4) is 0 Å². The SMILES string of the molecule is C[C@@H]([C@H]1CCC[C@H]1P(c1ccccc1)c1ccccc1)P(c1ccccc1)c1ccccc1.[B].[B]. The van der Waals surface area contributed by atoms with E-state index in [1.807, 2.05) is 0 Å². The lowest BCUT2D eigenvalue weighted by molar-refractivity contribution is 0.548. The van der Waals surface area contributed by atoms with Crippen LogP contribution >= 0.6 is 15.8 Å². The lowest BCUT2D eigenvalue weighted by Crippen LogP contribution is -2.33. The van der Waals surface area contributed by atoms with Crippen molar-refractivity contribution in [2.75, 3.05) is 0 Å². The average molecular weight is 488 g/mol. The van der Waals surface area contributed by atoms with Crippen molar-refractivity contribution in [3.05, 3.63) is 121 Å². The first-order chi connectivity index (χ1) is 16.3. The molecule has 0 N–H and O–H groups in total. The molecular formula is C31H32B2P2. The smallest absolute Gasteiger partial charge is 0 e. The molecule has 4 heteroatoms. The standard InChI is InChI=1S/C31H32P2.2B/c1-25(32(26-15-6-2-7-16-26)27-17-8-3-9-18-27)30-23-14-24-31(30)33(28-19-10-4-11-20-28)29-21-12-5-13-22-29;;/h2-13,15-22,25,30-31H,14,23-24H2,1H3;;/t25-,30+,31+;;/m0../s1. The zero-order valence-corrected chi connectivity index (χ0v) is 22.2. The zero-order chi connectivity index (χ0) is 22.5. The first kappa shape index (κ1) is 27.5. The number of rotatable bonds is 7. The van der Waals surface area contributed by atoms with Crippen LogP contribution in [0.1, 0.15) is 26.2 Å². The summed E-state index contributed by atoms with van der Waals surface area (Å²) < 4.78 is 0. The van der Waals surface area contributed by atoms with Crippen molar-refractivity contribution in [3.63, 3.8) is 0 Å². The van der Waals surface area contributed by atoms with E-state index in [0.29, 0.717) is 5.66 Å². The third-order valence-electron chi connectivity index (χ3n) is 7.03. The molecule has 172 valence electrons. The summed E-state index contributed by atoms with van der Waals surface area (Å²) in [7, 11) is -0.778. The van der Waals surface area contributed by atoms with Gasteiger partial charge in [0.05, 0.1) is 0 Å². The molecule has 0 nitrogen and oxygen atoms in total. The van der Waals surface area contributed by atoms with Gasteiger partial charge in [0.1, 0.15) is 0 Å². The Bertz CT molecular complexity index is 1040. The molecule has 1 aliphatic rings. The fourth-order valence-electron chi connectivity index (χ4n) is 5.55. The van der Waals surface area contributed by atoms with Crippen LogP contribution in [0, 0.1) is 5.92 Å². The second kappa shape index (κ2) is 13.3. The Labute approximate surface area is 218 Å². The minimum absolute atomic E-state index is 0. The van der Waals surface area contributed by atoms with E-state index in [0.717, 1.165) is 11.6 Å². The van der Waals surface area contributed by atoms with Crippen LogP contribution < -0.4 is 21.2 Å². The van der Waals surface area contributed by atoms with E-state index in [1.54, 1.807) is 0 Å². The van der Waals surface area contributed by atoms with Crippen LogP contribution in [0.3, 0.4) is 0 Å². The molecule has 3 atom stereocenters. The maximum absolute atomic E-state index is 2.55. The predicted octanol–water partition coefficient (Wildman–Crippen LogP) is 6.05. The molecule has 4 aromatic rings. The Morgan fingerprint density at radius 3 is 1.31 bits per heavy atom. The minimum Gasteiger partial charge on any atom is -0.0622 e. The fraction of sp³-hybridized carbons (Fsp3) is 0.226. The van der Waals surface area contributed by atoms with Crippen molar-refractivity contribution in [2.45, 2.75) is 37.5 Å². The molecule has 0 aliphatic heterocycles. The Kier molecular flexibility index (Phi) is 10.4. The van der Waals surface area contributed by atoms with Gasteiger partial charge < -0.3 is 0 Å². The molecule has 4 aromatic carbocycles. The van der Waals surface area contributed by atoms with Crippen LogP contribution in [0.5, 0.6) is 0 Å². The Balaban J connectivity index is 0.00000171. The van der Waals surface area contributed by atoms with Gasteiger partial charge in [0.25, 0.3) is 0 Å². The summed E-state index contributed by atoms with van der Waals surface area (Å²) in [6.45, 7) is 2.55. The van der Waals surface area contributed by atoms with Gasteiger partial charge in [-0.15, -0.1) is 0 Å². The Morgan fingerprint density at radius 2 is 0.914 bits per heavy atom. The maximum atomic E-state index is 2.55. The minimum atomic E-state index is -0.402. The van der Waals surface area contributed by atoms with Gasteiger partial charge in [0, 0.05) is 16.8 Å². The molecule has 0 amide bonds. The molecule has 1 saturated carbocycles. The van der Waals surface area contributed by atoms with Crippen LogP contribution in [0.4, 0.5) is 0 Å². The lowest BCUT2D eigenvalue weighted by Gasteiger charge is -2.37. The normalized spacial score (nSPS) is 18.0. The Morgan fingerprint density at radius 1 is 0.543 bits per heavy atom. The molecule has 0 heterocycles. The van der Waals surface area contributed by atoms with E-state index < -0.39 is 7.92 Å². The summed E-state index contributed by atoms with van der Waals surface area (Å²) >= 11 is 0. The molecule has 0 aromatic heterocycles. The molecule has 1 aliphatic carbocycles. The summed E-state index contributed by atoms with van der Waals surface area (Å²) in [5, 5.41) is 6.10. The molecule has 6 radical (unpaired) electrons. The molecule has 35 heavy (non-hydrogen) atoms. The molecule has 0 saturated heterocycles.